The Balaban J connectivity index is 1.71. The van der Waals surface area contributed by atoms with Crippen molar-refractivity contribution in [2.45, 2.75) is 11.0 Å². The summed E-state index contributed by atoms with van der Waals surface area (Å²) in [5, 5.41) is 13.5. The van der Waals surface area contributed by atoms with E-state index in [1.807, 2.05) is 41.7 Å². The van der Waals surface area contributed by atoms with Crippen LogP contribution in [0.4, 0.5) is 10.7 Å². The molecule has 1 aromatic carbocycles. The highest BCUT2D eigenvalue weighted by Crippen LogP contribution is 2.44. The first-order chi connectivity index (χ1) is 11.1. The minimum atomic E-state index is -0.487. The summed E-state index contributed by atoms with van der Waals surface area (Å²) in [5.41, 5.74) is 1.91. The van der Waals surface area contributed by atoms with Crippen LogP contribution in [-0.2, 0) is 0 Å². The van der Waals surface area contributed by atoms with Gasteiger partial charge in [-0.3, -0.25) is 14.9 Å². The maximum atomic E-state index is 12.2. The summed E-state index contributed by atoms with van der Waals surface area (Å²) in [4.78, 5) is 22.7. The summed E-state index contributed by atoms with van der Waals surface area (Å²) in [5.74, 6) is 2.00. The van der Waals surface area contributed by atoms with Crippen molar-refractivity contribution in [3.63, 3.8) is 0 Å². The minimum Gasteiger partial charge on any atom is -0.321 e. The summed E-state index contributed by atoms with van der Waals surface area (Å²) >= 11 is 4.73. The van der Waals surface area contributed by atoms with Crippen LogP contribution in [0.5, 0.6) is 0 Å². The van der Waals surface area contributed by atoms with Crippen LogP contribution in [0.25, 0.3) is 0 Å². The van der Waals surface area contributed by atoms with Gasteiger partial charge in [0.15, 0.2) is 0 Å². The number of amides is 1. The molecule has 0 aliphatic carbocycles. The maximum absolute atomic E-state index is 12.2. The molecule has 5 nitrogen and oxygen atoms in total. The SMILES string of the molecule is O=C(Nc1cccc(C2SCCCS2)c1)c1ccc([N+](=O)[O-])s1. The monoisotopic (exact) mass is 366 g/mol. The van der Waals surface area contributed by atoms with E-state index in [4.69, 9.17) is 0 Å². The van der Waals surface area contributed by atoms with Crippen molar-refractivity contribution in [3.05, 3.63) is 57.0 Å². The smallest absolute Gasteiger partial charge is 0.321 e. The molecule has 0 spiro atoms. The first-order valence-electron chi connectivity index (χ1n) is 7.02. The number of carbonyl (C=O) groups is 1. The maximum Gasteiger partial charge on any atom is 0.324 e. The van der Waals surface area contributed by atoms with Crippen molar-refractivity contribution in [3.8, 4) is 0 Å². The van der Waals surface area contributed by atoms with Crippen LogP contribution in [0.2, 0.25) is 0 Å². The lowest BCUT2D eigenvalue weighted by atomic mass is 10.2. The lowest BCUT2D eigenvalue weighted by Crippen LogP contribution is -2.10. The van der Waals surface area contributed by atoms with E-state index in [1.54, 1.807) is 0 Å². The van der Waals surface area contributed by atoms with Gasteiger partial charge in [-0.15, -0.1) is 23.5 Å². The number of nitro groups is 1. The molecule has 8 heteroatoms. The molecule has 3 rings (SSSR count). The second kappa shape index (κ2) is 7.37. The quantitative estimate of drug-likeness (QED) is 0.623. The zero-order chi connectivity index (χ0) is 16.2. The average molecular weight is 366 g/mol. The Morgan fingerprint density at radius 1 is 1.22 bits per heavy atom. The molecule has 23 heavy (non-hydrogen) atoms. The predicted octanol–water partition coefficient (Wildman–Crippen LogP) is 4.78. The highest BCUT2D eigenvalue weighted by molar-refractivity contribution is 8.16. The molecule has 1 aliphatic rings. The molecule has 0 saturated carbocycles. The molecule has 1 saturated heterocycles. The van der Waals surface area contributed by atoms with Crippen LogP contribution >= 0.6 is 34.9 Å². The molecule has 0 radical (unpaired) electrons. The zero-order valence-electron chi connectivity index (χ0n) is 12.1. The third-order valence-electron chi connectivity index (χ3n) is 3.24. The number of thioether (sulfide) groups is 2. The van der Waals surface area contributed by atoms with Crippen molar-refractivity contribution >= 4 is 51.5 Å². The van der Waals surface area contributed by atoms with Gasteiger partial charge >= 0.3 is 5.00 Å². The summed E-state index contributed by atoms with van der Waals surface area (Å²) < 4.78 is 0.406. The molecule has 0 bridgehead atoms. The number of benzene rings is 1. The molecular formula is C15H14N2O3S3. The van der Waals surface area contributed by atoms with E-state index in [-0.39, 0.29) is 10.9 Å². The van der Waals surface area contributed by atoms with E-state index in [1.165, 1.54) is 24.1 Å². The Hall–Kier alpha value is -1.51. The number of hydrogen-bond acceptors (Lipinski definition) is 6. The van der Waals surface area contributed by atoms with Gasteiger partial charge in [-0.05, 0) is 41.7 Å². The van der Waals surface area contributed by atoms with Crippen LogP contribution in [0, 0.1) is 10.1 Å². The van der Waals surface area contributed by atoms with Crippen molar-refractivity contribution in [2.75, 3.05) is 16.8 Å². The van der Waals surface area contributed by atoms with Crippen molar-refractivity contribution in [2.24, 2.45) is 0 Å². The van der Waals surface area contributed by atoms with E-state index >= 15 is 0 Å². The third-order valence-corrected chi connectivity index (χ3v) is 7.29. The van der Waals surface area contributed by atoms with Gasteiger partial charge in [0, 0.05) is 11.8 Å². The van der Waals surface area contributed by atoms with E-state index in [9.17, 15) is 14.9 Å². The number of nitrogens with zero attached hydrogens (tertiary/aromatic N) is 1. The number of nitrogens with one attached hydrogen (secondary N) is 1. The minimum absolute atomic E-state index is 0.0288. The van der Waals surface area contributed by atoms with Gasteiger partial charge in [-0.2, -0.15) is 0 Å². The molecule has 2 aromatic rings. The third kappa shape index (κ3) is 4.07. The van der Waals surface area contributed by atoms with Crippen LogP contribution in [0.1, 0.15) is 26.2 Å². The summed E-state index contributed by atoms with van der Waals surface area (Å²) in [6.45, 7) is 0. The van der Waals surface area contributed by atoms with Gasteiger partial charge in [0.1, 0.15) is 0 Å². The number of thiophene rings is 1. The number of hydrogen-bond donors (Lipinski definition) is 1. The van der Waals surface area contributed by atoms with Crippen molar-refractivity contribution in [1.82, 2.24) is 0 Å². The number of anilines is 1. The fraction of sp³-hybridized carbons (Fsp3) is 0.267. The molecule has 1 aliphatic heterocycles. The Morgan fingerprint density at radius 2 is 2.00 bits per heavy atom. The molecule has 1 aromatic heterocycles. The fourth-order valence-electron chi connectivity index (χ4n) is 2.18. The average Bonchev–Trinajstić information content (AvgIpc) is 3.06. The van der Waals surface area contributed by atoms with Crippen LogP contribution in [0.15, 0.2) is 36.4 Å². The van der Waals surface area contributed by atoms with Gasteiger partial charge in [-0.1, -0.05) is 23.5 Å². The molecule has 1 N–H and O–H groups in total. The Labute approximate surface area is 146 Å². The number of rotatable bonds is 4. The molecule has 1 amide bonds. The molecular weight excluding hydrogens is 352 g/mol. The van der Waals surface area contributed by atoms with E-state index < -0.39 is 4.92 Å². The van der Waals surface area contributed by atoms with Crippen LogP contribution in [-0.4, -0.2) is 22.3 Å². The van der Waals surface area contributed by atoms with E-state index in [0.717, 1.165) is 28.5 Å². The predicted molar refractivity (Wildman–Crippen MR) is 97.6 cm³/mol. The highest BCUT2D eigenvalue weighted by Gasteiger charge is 2.18. The molecule has 0 atom stereocenters. The largest absolute Gasteiger partial charge is 0.324 e. The fourth-order valence-corrected chi connectivity index (χ4v) is 5.77. The first kappa shape index (κ1) is 16.4. The molecule has 0 unspecified atom stereocenters. The van der Waals surface area contributed by atoms with Gasteiger partial charge < -0.3 is 5.32 Å². The van der Waals surface area contributed by atoms with E-state index in [0.29, 0.717) is 9.46 Å². The van der Waals surface area contributed by atoms with E-state index in [2.05, 4.69) is 11.4 Å². The van der Waals surface area contributed by atoms with Crippen molar-refractivity contribution < 1.29 is 9.72 Å². The first-order valence-corrected chi connectivity index (χ1v) is 9.93. The van der Waals surface area contributed by atoms with Gasteiger partial charge in [0.2, 0.25) is 0 Å². The summed E-state index contributed by atoms with van der Waals surface area (Å²) in [7, 11) is 0. The summed E-state index contributed by atoms with van der Waals surface area (Å²) in [6, 6.07) is 10.6. The summed E-state index contributed by atoms with van der Waals surface area (Å²) in [6.07, 6.45) is 1.24. The van der Waals surface area contributed by atoms with Gasteiger partial charge in [0.05, 0.1) is 14.4 Å². The second-order valence-electron chi connectivity index (χ2n) is 4.90. The molecule has 1 fully saturated rings. The van der Waals surface area contributed by atoms with Crippen molar-refractivity contribution in [1.29, 1.82) is 0 Å². The Morgan fingerprint density at radius 3 is 2.70 bits per heavy atom. The lowest BCUT2D eigenvalue weighted by Gasteiger charge is -2.21. The number of carbonyl (C=O) groups excluding carboxylic acids is 1. The topological polar surface area (TPSA) is 72.2 Å². The Kier molecular flexibility index (Phi) is 5.24. The van der Waals surface area contributed by atoms with Crippen LogP contribution in [0.3, 0.4) is 0 Å². The van der Waals surface area contributed by atoms with Crippen LogP contribution < -0.4 is 5.32 Å². The zero-order valence-corrected chi connectivity index (χ0v) is 14.5. The Bertz CT molecular complexity index is 726. The normalized spacial score (nSPS) is 15.3. The van der Waals surface area contributed by atoms with Gasteiger partial charge in [-0.25, -0.2) is 0 Å². The lowest BCUT2D eigenvalue weighted by molar-refractivity contribution is -0.380. The van der Waals surface area contributed by atoms with Gasteiger partial charge in [0.25, 0.3) is 5.91 Å². The molecule has 2 heterocycles. The standard InChI is InChI=1S/C15H14N2O3S3/c18-14(12-5-6-13(23-12)17(19)20)16-11-4-1-3-10(9-11)15-21-7-2-8-22-15/h1,3-6,9,15H,2,7-8H2,(H,16,18). The second-order valence-corrected chi connectivity index (χ2v) is 8.69. The highest BCUT2D eigenvalue weighted by atomic mass is 32.2. The molecule has 120 valence electrons.